The molecule has 0 atom stereocenters. The normalized spacial score (nSPS) is 14.6. The molecule has 0 bridgehead atoms. The Morgan fingerprint density at radius 3 is 2.09 bits per heavy atom. The van der Waals surface area contributed by atoms with Crippen molar-refractivity contribution in [3.05, 3.63) is 107 Å². The molecule has 47 heavy (non-hydrogen) atoms. The summed E-state index contributed by atoms with van der Waals surface area (Å²) < 4.78 is 57.9. The van der Waals surface area contributed by atoms with Gasteiger partial charge in [-0.05, 0) is 74.9 Å². The first-order valence-corrected chi connectivity index (χ1v) is 18.6. The van der Waals surface area contributed by atoms with E-state index in [9.17, 15) is 21.6 Å². The molecule has 2 N–H and O–H groups in total. The van der Waals surface area contributed by atoms with E-state index in [1.807, 2.05) is 66.2 Å². The van der Waals surface area contributed by atoms with E-state index in [-0.39, 0.29) is 36.2 Å². The summed E-state index contributed by atoms with van der Waals surface area (Å²) in [5, 5.41) is 3.90. The van der Waals surface area contributed by atoms with E-state index < -0.39 is 25.6 Å². The van der Waals surface area contributed by atoms with Gasteiger partial charge in [0.1, 0.15) is 11.2 Å². The highest BCUT2D eigenvalue weighted by Gasteiger charge is 2.36. The second-order valence-electron chi connectivity index (χ2n) is 11.8. The van der Waals surface area contributed by atoms with E-state index in [0.717, 1.165) is 16.9 Å². The average molecular weight is 676 g/mol. The van der Waals surface area contributed by atoms with Gasteiger partial charge in [-0.3, -0.25) is 19.5 Å². The van der Waals surface area contributed by atoms with Crippen molar-refractivity contribution in [1.29, 1.82) is 0 Å². The van der Waals surface area contributed by atoms with Gasteiger partial charge in [0.15, 0.2) is 0 Å². The molecule has 5 aromatic rings. The summed E-state index contributed by atoms with van der Waals surface area (Å²) in [5.41, 5.74) is 3.10. The summed E-state index contributed by atoms with van der Waals surface area (Å²) in [4.78, 5) is 22.6. The third-order valence-corrected chi connectivity index (χ3v) is 11.9. The fraction of sp³-hybridized carbons (Fsp3) is 0.303. The monoisotopic (exact) mass is 675 g/mol. The number of benzene rings is 1. The maximum atomic E-state index is 13.2. The Morgan fingerprint density at radius 1 is 0.872 bits per heavy atom. The van der Waals surface area contributed by atoms with Crippen molar-refractivity contribution in [1.82, 2.24) is 23.4 Å². The van der Waals surface area contributed by atoms with Gasteiger partial charge in [-0.2, -0.15) is 4.31 Å². The second-order valence-corrected chi connectivity index (χ2v) is 16.0. The zero-order chi connectivity index (χ0) is 33.6. The molecule has 14 heteroatoms. The largest absolute Gasteiger partial charge is 0.375 e. The Kier molecular flexibility index (Phi) is 8.45. The van der Waals surface area contributed by atoms with Crippen molar-refractivity contribution in [2.45, 2.75) is 32.4 Å². The molecular weight excluding hydrogens is 639 g/mol. The SMILES string of the molecule is CCS(=O)(=O)Nc1cc(-c2cc(NC3CN(S(=O)(=O)CC)C3)c(=O)n(C)c2)cc2c1ccn2C(C)(c1ccccn1)c1ccccn1. The molecule has 1 aliphatic rings. The molecule has 1 fully saturated rings. The van der Waals surface area contributed by atoms with Gasteiger partial charge in [-0.25, -0.2) is 16.8 Å². The highest BCUT2D eigenvalue weighted by molar-refractivity contribution is 7.92. The molecule has 6 rings (SSSR count). The molecule has 1 saturated heterocycles. The van der Waals surface area contributed by atoms with Crippen molar-refractivity contribution in [3.63, 3.8) is 0 Å². The lowest BCUT2D eigenvalue weighted by Gasteiger charge is -2.38. The summed E-state index contributed by atoms with van der Waals surface area (Å²) in [7, 11) is -5.31. The smallest absolute Gasteiger partial charge is 0.273 e. The summed E-state index contributed by atoms with van der Waals surface area (Å²) in [5.74, 6) is -0.0932. The molecule has 0 saturated carbocycles. The summed E-state index contributed by atoms with van der Waals surface area (Å²) in [6.07, 6.45) is 7.06. The fourth-order valence-electron chi connectivity index (χ4n) is 5.93. The van der Waals surface area contributed by atoms with Crippen LogP contribution in [-0.2, 0) is 32.6 Å². The molecule has 1 aromatic carbocycles. The Hall–Kier alpha value is -4.53. The third kappa shape index (κ3) is 6.03. The number of nitrogens with one attached hydrogen (secondary N) is 2. The number of pyridine rings is 3. The van der Waals surface area contributed by atoms with Crippen LogP contribution in [0.3, 0.4) is 0 Å². The lowest BCUT2D eigenvalue weighted by molar-refractivity contribution is 0.281. The first-order valence-electron chi connectivity index (χ1n) is 15.3. The van der Waals surface area contributed by atoms with Crippen molar-refractivity contribution < 1.29 is 16.8 Å². The van der Waals surface area contributed by atoms with Crippen molar-refractivity contribution >= 4 is 42.3 Å². The lowest BCUT2D eigenvalue weighted by Crippen LogP contribution is -2.57. The summed E-state index contributed by atoms with van der Waals surface area (Å²) >= 11 is 0. The second kappa shape index (κ2) is 12.2. The van der Waals surface area contributed by atoms with Gasteiger partial charge < -0.3 is 14.5 Å². The molecular formula is C33H37N7O5S2. The highest BCUT2D eigenvalue weighted by atomic mass is 32.2. The number of hydrogen-bond acceptors (Lipinski definition) is 8. The predicted octanol–water partition coefficient (Wildman–Crippen LogP) is 3.82. The van der Waals surface area contributed by atoms with E-state index in [2.05, 4.69) is 10.0 Å². The van der Waals surface area contributed by atoms with Gasteiger partial charge in [0.2, 0.25) is 20.0 Å². The standard InChI is InChI=1S/C33H37N7O5S2/c1-5-46(42,43)37-27-17-23(24-18-28(32(41)38(4)20-24)36-25-21-39(22-25)47(44,45)6-2)19-29-26(27)13-16-40(29)33(3,30-11-7-9-14-34-30)31-12-8-10-15-35-31/h7-20,25,36-37H,5-6,21-22H2,1-4H3. The van der Waals surface area contributed by atoms with Crippen molar-refractivity contribution in [2.75, 3.05) is 34.6 Å². The van der Waals surface area contributed by atoms with Gasteiger partial charge in [-0.1, -0.05) is 12.1 Å². The van der Waals surface area contributed by atoms with Crippen LogP contribution in [0.4, 0.5) is 11.4 Å². The number of sulfonamides is 2. The van der Waals surface area contributed by atoms with Gasteiger partial charge >= 0.3 is 0 Å². The minimum atomic E-state index is -3.65. The molecule has 0 aliphatic carbocycles. The lowest BCUT2D eigenvalue weighted by atomic mass is 9.91. The number of anilines is 2. The first kappa shape index (κ1) is 32.4. The van der Waals surface area contributed by atoms with E-state index in [1.165, 1.54) is 8.87 Å². The highest BCUT2D eigenvalue weighted by Crippen LogP contribution is 2.39. The maximum absolute atomic E-state index is 13.2. The Labute approximate surface area is 274 Å². The van der Waals surface area contributed by atoms with Gasteiger partial charge in [0.05, 0.1) is 40.1 Å². The Balaban J connectivity index is 1.51. The molecule has 1 aliphatic heterocycles. The molecule has 5 heterocycles. The molecule has 0 spiro atoms. The van der Waals surface area contributed by atoms with Crippen LogP contribution in [0.1, 0.15) is 32.2 Å². The molecule has 0 amide bonds. The van der Waals surface area contributed by atoms with Crippen LogP contribution in [0.15, 0.2) is 90.2 Å². The number of aromatic nitrogens is 4. The zero-order valence-corrected chi connectivity index (χ0v) is 28.2. The predicted molar refractivity (Wildman–Crippen MR) is 184 cm³/mol. The number of fused-ring (bicyclic) bond motifs is 1. The van der Waals surface area contributed by atoms with Crippen LogP contribution in [0.25, 0.3) is 22.0 Å². The van der Waals surface area contributed by atoms with Crippen LogP contribution in [-0.4, -0.2) is 70.9 Å². The van der Waals surface area contributed by atoms with Crippen LogP contribution in [0, 0.1) is 0 Å². The first-order chi connectivity index (χ1) is 22.4. The topological polar surface area (TPSA) is 148 Å². The van der Waals surface area contributed by atoms with E-state index in [1.54, 1.807) is 51.6 Å². The third-order valence-electron chi connectivity index (χ3n) is 8.75. The molecule has 12 nitrogen and oxygen atoms in total. The average Bonchev–Trinajstić information content (AvgIpc) is 3.49. The quantitative estimate of drug-likeness (QED) is 0.215. The van der Waals surface area contributed by atoms with Crippen LogP contribution in [0.2, 0.25) is 0 Å². The van der Waals surface area contributed by atoms with Crippen molar-refractivity contribution in [2.24, 2.45) is 7.05 Å². The molecule has 0 radical (unpaired) electrons. The van der Waals surface area contributed by atoms with Gasteiger partial charge in [0, 0.05) is 55.9 Å². The fourth-order valence-corrected chi connectivity index (χ4v) is 7.76. The minimum absolute atomic E-state index is 0.0189. The number of aryl methyl sites for hydroxylation is 1. The molecule has 4 aromatic heterocycles. The van der Waals surface area contributed by atoms with Crippen LogP contribution >= 0.6 is 0 Å². The number of nitrogens with zero attached hydrogens (tertiary/aromatic N) is 5. The van der Waals surface area contributed by atoms with E-state index >= 15 is 0 Å². The van der Waals surface area contributed by atoms with Crippen LogP contribution < -0.4 is 15.6 Å². The van der Waals surface area contributed by atoms with E-state index in [4.69, 9.17) is 9.97 Å². The molecule has 0 unspecified atom stereocenters. The van der Waals surface area contributed by atoms with Gasteiger partial charge in [-0.15, -0.1) is 0 Å². The van der Waals surface area contributed by atoms with E-state index in [0.29, 0.717) is 27.9 Å². The van der Waals surface area contributed by atoms with Gasteiger partial charge in [0.25, 0.3) is 5.56 Å². The molecule has 246 valence electrons. The Morgan fingerprint density at radius 2 is 1.51 bits per heavy atom. The zero-order valence-electron chi connectivity index (χ0n) is 26.6. The maximum Gasteiger partial charge on any atom is 0.273 e. The summed E-state index contributed by atoms with van der Waals surface area (Å²) in [6, 6.07) is 18.5. The Bertz CT molecular complexity index is 2170. The number of rotatable bonds is 11. The van der Waals surface area contributed by atoms with Crippen molar-refractivity contribution in [3.8, 4) is 11.1 Å². The minimum Gasteiger partial charge on any atom is -0.375 e. The summed E-state index contributed by atoms with van der Waals surface area (Å²) in [6.45, 7) is 5.74. The number of hydrogen-bond donors (Lipinski definition) is 2. The van der Waals surface area contributed by atoms with Crippen LogP contribution in [0.5, 0.6) is 0 Å².